The van der Waals surface area contributed by atoms with Gasteiger partial charge in [-0.2, -0.15) is 0 Å². The summed E-state index contributed by atoms with van der Waals surface area (Å²) in [6, 6.07) is 56.8. The Balaban J connectivity index is 1.13. The second-order valence-electron chi connectivity index (χ2n) is 12.9. The van der Waals surface area contributed by atoms with Gasteiger partial charge < -0.3 is 0 Å². The summed E-state index contributed by atoms with van der Waals surface area (Å²) in [5, 5.41) is 6.98. The highest BCUT2D eigenvalue weighted by molar-refractivity contribution is 6.08. The lowest BCUT2D eigenvalue weighted by molar-refractivity contribution is 1.39. The maximum absolute atomic E-state index is 5.27. The molecule has 2 heteroatoms. The maximum Gasteiger partial charge on any atom is 0.0788 e. The van der Waals surface area contributed by atoms with Crippen LogP contribution in [0.4, 0.5) is 0 Å². The van der Waals surface area contributed by atoms with E-state index in [9.17, 15) is 0 Å². The lowest BCUT2D eigenvalue weighted by Gasteiger charge is -2.11. The second-order valence-corrected chi connectivity index (χ2v) is 12.9. The minimum absolute atomic E-state index is 0.951. The molecule has 2 aromatic heterocycles. The van der Waals surface area contributed by atoms with E-state index >= 15 is 0 Å². The van der Waals surface area contributed by atoms with E-state index in [1.807, 2.05) is 0 Å². The molecule has 48 heavy (non-hydrogen) atoms. The number of hydrogen-bond acceptors (Lipinski definition) is 2. The first-order valence-corrected chi connectivity index (χ1v) is 16.5. The third-order valence-corrected chi connectivity index (χ3v) is 9.58. The molecule has 0 aliphatic carbocycles. The fraction of sp³-hybridized carbons (Fsp3) is 0.0435. The lowest BCUT2D eigenvalue weighted by atomic mass is 9.97. The summed E-state index contributed by atoms with van der Waals surface area (Å²) in [4.78, 5) is 10.5. The van der Waals surface area contributed by atoms with E-state index < -0.39 is 0 Å². The number of rotatable bonds is 4. The van der Waals surface area contributed by atoms with Crippen molar-refractivity contribution in [3.8, 4) is 44.8 Å². The highest BCUT2D eigenvalue weighted by atomic mass is 14.7. The molecule has 0 atom stereocenters. The molecule has 2 heterocycles. The van der Waals surface area contributed by atoms with Crippen LogP contribution in [0.3, 0.4) is 0 Å². The normalized spacial score (nSPS) is 11.5. The molecule has 0 radical (unpaired) electrons. The van der Waals surface area contributed by atoms with Crippen LogP contribution in [0.2, 0.25) is 0 Å². The minimum Gasteiger partial charge on any atom is -0.247 e. The van der Waals surface area contributed by atoms with Gasteiger partial charge in [0.25, 0.3) is 0 Å². The minimum atomic E-state index is 0.951. The first kappa shape index (κ1) is 28.1. The highest BCUT2D eigenvalue weighted by Crippen LogP contribution is 2.34. The zero-order chi connectivity index (χ0) is 32.2. The second kappa shape index (κ2) is 11.3. The molecular weight excluding hydrogens is 581 g/mol. The Kier molecular flexibility index (Phi) is 6.62. The van der Waals surface area contributed by atoms with Crippen molar-refractivity contribution >= 4 is 43.4 Å². The van der Waals surface area contributed by atoms with E-state index in [4.69, 9.17) is 9.97 Å². The van der Waals surface area contributed by atoms with Crippen molar-refractivity contribution < 1.29 is 0 Å². The van der Waals surface area contributed by atoms with E-state index in [1.54, 1.807) is 0 Å². The predicted octanol–water partition coefficient (Wildman–Crippen LogP) is 12.4. The number of pyridine rings is 2. The Bertz CT molecular complexity index is 2480. The van der Waals surface area contributed by atoms with E-state index in [-0.39, 0.29) is 0 Å². The molecule has 0 N–H and O–H groups in total. The summed E-state index contributed by atoms with van der Waals surface area (Å²) in [7, 11) is 0. The van der Waals surface area contributed by atoms with Gasteiger partial charge in [0.05, 0.1) is 22.4 Å². The smallest absolute Gasteiger partial charge is 0.0788 e. The standard InChI is InChI=1S/C46H32N2/c1-29-6-10-31(11-7-29)37-20-16-33-14-18-35-22-24-43(47-45(35)41(33)27-37)39-4-3-5-40(26-39)44-25-23-36-19-15-34-17-21-38(28-42(34)46(36)48-44)32-12-8-30(2)9-13-32/h3-28H,1-2H3. The van der Waals surface area contributed by atoms with Crippen LogP contribution in [0.25, 0.3) is 88.1 Å². The van der Waals surface area contributed by atoms with Gasteiger partial charge in [-0.25, -0.2) is 9.97 Å². The van der Waals surface area contributed by atoms with Gasteiger partial charge in [-0.15, -0.1) is 0 Å². The van der Waals surface area contributed by atoms with Crippen molar-refractivity contribution in [2.24, 2.45) is 0 Å². The van der Waals surface area contributed by atoms with E-state index in [0.717, 1.165) is 55.1 Å². The van der Waals surface area contributed by atoms with E-state index in [2.05, 4.69) is 172 Å². The molecule has 0 aliphatic rings. The Labute approximate surface area is 280 Å². The number of aryl methyl sites for hydroxylation is 2. The molecule has 0 aliphatic heterocycles. The zero-order valence-electron chi connectivity index (χ0n) is 26.9. The summed E-state index contributed by atoms with van der Waals surface area (Å²) < 4.78 is 0. The Morgan fingerprint density at radius 3 is 1.15 bits per heavy atom. The predicted molar refractivity (Wildman–Crippen MR) is 203 cm³/mol. The molecule has 0 saturated heterocycles. The third-order valence-electron chi connectivity index (χ3n) is 9.58. The van der Waals surface area contributed by atoms with Crippen LogP contribution in [-0.4, -0.2) is 9.97 Å². The third kappa shape index (κ3) is 4.99. The zero-order valence-corrected chi connectivity index (χ0v) is 26.9. The number of nitrogens with zero attached hydrogens (tertiary/aromatic N) is 2. The summed E-state index contributed by atoms with van der Waals surface area (Å²) in [5.74, 6) is 0. The van der Waals surface area contributed by atoms with Crippen LogP contribution in [0.15, 0.2) is 158 Å². The summed E-state index contributed by atoms with van der Waals surface area (Å²) in [5.41, 5.74) is 13.4. The van der Waals surface area contributed by atoms with Gasteiger partial charge in [0.1, 0.15) is 0 Å². The first-order chi connectivity index (χ1) is 23.6. The molecule has 2 nitrogen and oxygen atoms in total. The van der Waals surface area contributed by atoms with Crippen LogP contribution in [0, 0.1) is 13.8 Å². The average molecular weight is 613 g/mol. The number of fused-ring (bicyclic) bond motifs is 6. The molecule has 0 spiro atoms. The van der Waals surface area contributed by atoms with Gasteiger partial charge in [-0.05, 0) is 77.2 Å². The monoisotopic (exact) mass is 612 g/mol. The molecule has 0 amide bonds. The van der Waals surface area contributed by atoms with Crippen molar-refractivity contribution in [2.45, 2.75) is 13.8 Å². The summed E-state index contributed by atoms with van der Waals surface area (Å²) in [6.45, 7) is 4.25. The van der Waals surface area contributed by atoms with Gasteiger partial charge in [0, 0.05) is 32.7 Å². The molecular formula is C46H32N2. The maximum atomic E-state index is 5.27. The Morgan fingerprint density at radius 1 is 0.312 bits per heavy atom. The van der Waals surface area contributed by atoms with Crippen LogP contribution in [0.1, 0.15) is 11.1 Å². The van der Waals surface area contributed by atoms with Crippen molar-refractivity contribution in [2.75, 3.05) is 0 Å². The quantitative estimate of drug-likeness (QED) is 0.185. The SMILES string of the molecule is Cc1ccc(-c2ccc3ccc4ccc(-c5cccc(-c6ccc7ccc8ccc(-c9ccc(C)cc9)cc8c7n6)c5)nc4c3c2)cc1. The average Bonchev–Trinajstić information content (AvgIpc) is 3.14. The van der Waals surface area contributed by atoms with Crippen molar-refractivity contribution in [3.63, 3.8) is 0 Å². The number of benzene rings is 7. The fourth-order valence-corrected chi connectivity index (χ4v) is 6.82. The number of aromatic nitrogens is 2. The molecule has 0 fully saturated rings. The largest absolute Gasteiger partial charge is 0.247 e. The van der Waals surface area contributed by atoms with Gasteiger partial charge >= 0.3 is 0 Å². The van der Waals surface area contributed by atoms with Crippen LogP contribution >= 0.6 is 0 Å². The molecule has 9 rings (SSSR count). The van der Waals surface area contributed by atoms with Crippen LogP contribution in [-0.2, 0) is 0 Å². The summed E-state index contributed by atoms with van der Waals surface area (Å²) >= 11 is 0. The van der Waals surface area contributed by atoms with Crippen LogP contribution < -0.4 is 0 Å². The lowest BCUT2D eigenvalue weighted by Crippen LogP contribution is -1.90. The topological polar surface area (TPSA) is 25.8 Å². The molecule has 9 aromatic rings. The van der Waals surface area contributed by atoms with Gasteiger partial charge in [-0.3, -0.25) is 0 Å². The highest BCUT2D eigenvalue weighted by Gasteiger charge is 2.11. The van der Waals surface area contributed by atoms with E-state index in [1.165, 1.54) is 44.2 Å². The Morgan fingerprint density at radius 2 is 0.688 bits per heavy atom. The van der Waals surface area contributed by atoms with E-state index in [0.29, 0.717) is 0 Å². The van der Waals surface area contributed by atoms with Crippen LogP contribution in [0.5, 0.6) is 0 Å². The van der Waals surface area contributed by atoms with Crippen molar-refractivity contribution in [3.05, 3.63) is 169 Å². The first-order valence-electron chi connectivity index (χ1n) is 16.5. The molecule has 0 bridgehead atoms. The molecule has 0 unspecified atom stereocenters. The van der Waals surface area contributed by atoms with Gasteiger partial charge in [0.2, 0.25) is 0 Å². The molecule has 226 valence electrons. The Hall–Kier alpha value is -6.12. The van der Waals surface area contributed by atoms with Crippen molar-refractivity contribution in [1.29, 1.82) is 0 Å². The number of hydrogen-bond donors (Lipinski definition) is 0. The van der Waals surface area contributed by atoms with Gasteiger partial charge in [0.15, 0.2) is 0 Å². The molecule has 0 saturated carbocycles. The van der Waals surface area contributed by atoms with Crippen molar-refractivity contribution in [1.82, 2.24) is 9.97 Å². The molecule has 7 aromatic carbocycles. The fourth-order valence-electron chi connectivity index (χ4n) is 6.82. The van der Waals surface area contributed by atoms with Gasteiger partial charge in [-0.1, -0.05) is 139 Å². The summed E-state index contributed by atoms with van der Waals surface area (Å²) in [6.07, 6.45) is 0.